The molecule has 0 radical (unpaired) electrons. The third-order valence-corrected chi connectivity index (χ3v) is 12.8. The summed E-state index contributed by atoms with van der Waals surface area (Å²) in [5, 5.41) is 0. The maximum absolute atomic E-state index is 11.7. The van der Waals surface area contributed by atoms with Crippen molar-refractivity contribution >= 4 is 17.6 Å². The quantitative estimate of drug-likeness (QED) is 0.360. The van der Waals surface area contributed by atoms with Gasteiger partial charge in [-0.2, -0.15) is 0 Å². The first-order valence-electron chi connectivity index (χ1n) is 14.6. The molecule has 34 heavy (non-hydrogen) atoms. The Bertz CT molecular complexity index is 792. The van der Waals surface area contributed by atoms with Crippen molar-refractivity contribution in [3.8, 4) is 0 Å². The lowest BCUT2D eigenvalue weighted by atomic mass is 9.33. The molecular weight excluding hydrogens is 440 g/mol. The van der Waals surface area contributed by atoms with Gasteiger partial charge in [0.25, 0.3) is 0 Å². The Kier molecular flexibility index (Phi) is 7.36. The van der Waals surface area contributed by atoms with Crippen molar-refractivity contribution in [2.75, 3.05) is 0 Å². The number of fused-ring (bicyclic) bond motifs is 7. The first-order valence-corrected chi connectivity index (χ1v) is 15.0. The number of carbonyl (C=O) groups excluding carboxylic acids is 1. The lowest BCUT2D eigenvalue weighted by Gasteiger charge is -2.71. The molecule has 8 unspecified atom stereocenters. The van der Waals surface area contributed by atoms with Crippen molar-refractivity contribution in [1.29, 1.82) is 0 Å². The standard InChI is InChI=1S/C29H45ClO2.C2H6/c1-19-21-10-14-28(5)25(26(21,3)13-11-24(19)32-20(2)31)9-8-22-23-7-6-12-29(23,17-18-30)16-15-27(22,28)4;1-2/h17-19,21-25H,6-16H2,1-5H3;1-2H3/b18-17+;/t19?,21?,22?,23?,24?,25?,26?,27-,28?,29-;/m1./s1. The van der Waals surface area contributed by atoms with Crippen LogP contribution in [0, 0.1) is 51.2 Å². The van der Waals surface area contributed by atoms with Gasteiger partial charge >= 0.3 is 5.97 Å². The molecule has 194 valence electrons. The second-order valence-corrected chi connectivity index (χ2v) is 13.5. The van der Waals surface area contributed by atoms with Crippen LogP contribution in [-0.4, -0.2) is 12.1 Å². The van der Waals surface area contributed by atoms with Gasteiger partial charge in [0.1, 0.15) is 6.10 Å². The SMILES string of the molecule is CC.CC(=O)OC1CCC2(C)C(CCC3(C)C2CCC2C4CCC[C@]4(/C=C/Cl)CC[C@]23C)C1C. The van der Waals surface area contributed by atoms with Gasteiger partial charge in [0.2, 0.25) is 0 Å². The molecule has 5 aliphatic carbocycles. The van der Waals surface area contributed by atoms with Crippen molar-refractivity contribution in [2.45, 2.75) is 125 Å². The van der Waals surface area contributed by atoms with E-state index in [9.17, 15) is 4.79 Å². The zero-order valence-corrected chi connectivity index (χ0v) is 23.8. The Labute approximate surface area is 215 Å². The first-order chi connectivity index (χ1) is 16.1. The van der Waals surface area contributed by atoms with E-state index in [0.717, 1.165) is 24.2 Å². The molecule has 0 aliphatic heterocycles. The first kappa shape index (κ1) is 26.6. The number of hydrogen-bond donors (Lipinski definition) is 0. The number of carbonyl (C=O) groups is 1. The van der Waals surface area contributed by atoms with Gasteiger partial charge in [-0.05, 0) is 115 Å². The van der Waals surface area contributed by atoms with E-state index in [0.29, 0.717) is 33.5 Å². The molecule has 5 rings (SSSR count). The number of rotatable bonds is 2. The Morgan fingerprint density at radius 1 is 0.853 bits per heavy atom. The second kappa shape index (κ2) is 9.42. The molecule has 10 atom stereocenters. The third-order valence-electron chi connectivity index (χ3n) is 12.7. The van der Waals surface area contributed by atoms with Gasteiger partial charge < -0.3 is 4.74 Å². The van der Waals surface area contributed by atoms with Crippen molar-refractivity contribution in [3.05, 3.63) is 11.6 Å². The number of ether oxygens (including phenoxy) is 1. The molecule has 5 saturated carbocycles. The molecule has 0 aromatic heterocycles. The van der Waals surface area contributed by atoms with Crippen LogP contribution in [-0.2, 0) is 9.53 Å². The summed E-state index contributed by atoms with van der Waals surface area (Å²) in [7, 11) is 0. The average molecular weight is 491 g/mol. The predicted molar refractivity (Wildman–Crippen MR) is 143 cm³/mol. The highest BCUT2D eigenvalue weighted by molar-refractivity contribution is 6.25. The van der Waals surface area contributed by atoms with Crippen molar-refractivity contribution in [1.82, 2.24) is 0 Å². The number of halogens is 1. The van der Waals surface area contributed by atoms with Crippen LogP contribution in [0.5, 0.6) is 0 Å². The zero-order chi connectivity index (χ0) is 24.9. The molecule has 0 saturated heterocycles. The highest BCUT2D eigenvalue weighted by atomic mass is 35.5. The fraction of sp³-hybridized carbons (Fsp3) is 0.903. The van der Waals surface area contributed by atoms with Crippen LogP contribution in [0.1, 0.15) is 119 Å². The highest BCUT2D eigenvalue weighted by Crippen LogP contribution is 2.76. The molecule has 0 N–H and O–H groups in total. The summed E-state index contributed by atoms with van der Waals surface area (Å²) in [5.41, 5.74) is 3.47. The molecule has 2 nitrogen and oxygen atoms in total. The summed E-state index contributed by atoms with van der Waals surface area (Å²) < 4.78 is 5.79. The molecule has 5 fully saturated rings. The maximum Gasteiger partial charge on any atom is 0.302 e. The van der Waals surface area contributed by atoms with Crippen molar-refractivity contribution in [2.24, 2.45) is 51.2 Å². The molecule has 5 aliphatic rings. The van der Waals surface area contributed by atoms with E-state index < -0.39 is 0 Å². The number of allylic oxidation sites excluding steroid dienone is 1. The summed E-state index contributed by atoms with van der Waals surface area (Å²) >= 11 is 6.18. The fourth-order valence-corrected chi connectivity index (χ4v) is 11.3. The van der Waals surface area contributed by atoms with Crippen LogP contribution >= 0.6 is 11.6 Å². The van der Waals surface area contributed by atoms with Crippen molar-refractivity contribution < 1.29 is 9.53 Å². The van der Waals surface area contributed by atoms with Crippen LogP contribution < -0.4 is 0 Å². The van der Waals surface area contributed by atoms with E-state index in [-0.39, 0.29) is 12.1 Å². The minimum atomic E-state index is -0.104. The molecule has 0 aromatic rings. The Morgan fingerprint density at radius 2 is 1.59 bits per heavy atom. The largest absolute Gasteiger partial charge is 0.462 e. The van der Waals surface area contributed by atoms with E-state index in [1.807, 2.05) is 19.4 Å². The van der Waals surface area contributed by atoms with E-state index in [1.54, 1.807) is 6.92 Å². The summed E-state index contributed by atoms with van der Waals surface area (Å²) in [5.74, 6) is 3.55. The van der Waals surface area contributed by atoms with Crippen LogP contribution in [0.4, 0.5) is 0 Å². The zero-order valence-electron chi connectivity index (χ0n) is 23.1. The third kappa shape index (κ3) is 3.66. The topological polar surface area (TPSA) is 26.3 Å². The molecule has 0 amide bonds. The van der Waals surface area contributed by atoms with Gasteiger partial charge in [0.15, 0.2) is 0 Å². The molecule has 0 spiro atoms. The van der Waals surface area contributed by atoms with Crippen LogP contribution in [0.25, 0.3) is 0 Å². The fourth-order valence-electron chi connectivity index (χ4n) is 11.0. The molecule has 0 aromatic carbocycles. The summed E-state index contributed by atoms with van der Waals surface area (Å²) in [6, 6.07) is 0. The smallest absolute Gasteiger partial charge is 0.302 e. The Balaban J connectivity index is 0.00000133. The number of esters is 1. The van der Waals surface area contributed by atoms with Gasteiger partial charge in [-0.3, -0.25) is 4.79 Å². The van der Waals surface area contributed by atoms with Gasteiger partial charge in [-0.15, -0.1) is 0 Å². The minimum absolute atomic E-state index is 0.104. The monoisotopic (exact) mass is 490 g/mol. The molecule has 0 bridgehead atoms. The normalized spacial score (nSPS) is 51.9. The van der Waals surface area contributed by atoms with Crippen LogP contribution in [0.3, 0.4) is 0 Å². The Morgan fingerprint density at radius 3 is 2.26 bits per heavy atom. The number of hydrogen-bond acceptors (Lipinski definition) is 2. The van der Waals surface area contributed by atoms with Gasteiger partial charge in [-0.1, -0.05) is 65.6 Å². The van der Waals surface area contributed by atoms with E-state index in [2.05, 4.69) is 33.8 Å². The van der Waals surface area contributed by atoms with E-state index in [4.69, 9.17) is 16.3 Å². The van der Waals surface area contributed by atoms with Gasteiger partial charge in [-0.25, -0.2) is 0 Å². The predicted octanol–water partition coefficient (Wildman–Crippen LogP) is 9.16. The second-order valence-electron chi connectivity index (χ2n) is 13.3. The summed E-state index contributed by atoms with van der Waals surface area (Å²) in [6.45, 7) is 16.0. The Hall–Kier alpha value is -0.500. The summed E-state index contributed by atoms with van der Waals surface area (Å²) in [6.07, 6.45) is 17.1. The maximum atomic E-state index is 11.7. The average Bonchev–Trinajstić information content (AvgIpc) is 3.22. The lowest BCUT2D eigenvalue weighted by molar-refractivity contribution is -0.231. The van der Waals surface area contributed by atoms with Crippen LogP contribution in [0.15, 0.2) is 11.6 Å². The molecular formula is C31H51ClO2. The highest BCUT2D eigenvalue weighted by Gasteiger charge is 2.68. The van der Waals surface area contributed by atoms with E-state index >= 15 is 0 Å². The summed E-state index contributed by atoms with van der Waals surface area (Å²) in [4.78, 5) is 11.7. The van der Waals surface area contributed by atoms with Crippen LogP contribution in [0.2, 0.25) is 0 Å². The van der Waals surface area contributed by atoms with Crippen molar-refractivity contribution in [3.63, 3.8) is 0 Å². The van der Waals surface area contributed by atoms with E-state index in [1.165, 1.54) is 64.2 Å². The molecule has 3 heteroatoms. The van der Waals surface area contributed by atoms with Gasteiger partial charge in [0, 0.05) is 12.5 Å². The van der Waals surface area contributed by atoms with Gasteiger partial charge in [0.05, 0.1) is 0 Å². The molecule has 0 heterocycles. The lowest BCUT2D eigenvalue weighted by Crippen LogP contribution is -2.65. The minimum Gasteiger partial charge on any atom is -0.462 e.